The van der Waals surface area contributed by atoms with Gasteiger partial charge < -0.3 is 33.3 Å². The lowest BCUT2D eigenvalue weighted by atomic mass is 10.1. The summed E-state index contributed by atoms with van der Waals surface area (Å²) in [6, 6.07) is 0. The van der Waals surface area contributed by atoms with Crippen LogP contribution in [-0.4, -0.2) is 96.3 Å². The third-order valence-corrected chi connectivity index (χ3v) is 4.41. The Morgan fingerprint density at radius 2 is 1.03 bits per heavy atom. The quantitative estimate of drug-likeness (QED) is 0.222. The average molecular weight is 464 g/mol. The molecule has 0 radical (unpaired) electrons. The van der Waals surface area contributed by atoms with Crippen LogP contribution < -0.4 is 0 Å². The molecule has 8 nitrogen and oxygen atoms in total. The normalized spacial score (nSPS) is 11.7. The van der Waals surface area contributed by atoms with E-state index < -0.39 is 5.60 Å². The lowest BCUT2D eigenvalue weighted by Crippen LogP contribution is -2.36. The predicted molar refractivity (Wildman–Crippen MR) is 126 cm³/mol. The molecule has 0 N–H and O–H groups in total. The van der Waals surface area contributed by atoms with Crippen molar-refractivity contribution in [3.63, 3.8) is 0 Å². The summed E-state index contributed by atoms with van der Waals surface area (Å²) in [6.07, 6.45) is 7.34. The third kappa shape index (κ3) is 23.7. The molecule has 0 aliphatic rings. The number of ether oxygens (including phenoxy) is 6. The lowest BCUT2D eigenvalue weighted by molar-refractivity contribution is -0.0132. The predicted octanol–water partition coefficient (Wildman–Crippen LogP) is 4.30. The largest absolute Gasteiger partial charge is 0.444 e. The fraction of sp³-hybridized carbons (Fsp3) is 0.958. The Labute approximate surface area is 196 Å². The van der Waals surface area contributed by atoms with Gasteiger partial charge in [0.05, 0.1) is 59.5 Å². The second-order valence-corrected chi connectivity index (χ2v) is 8.73. The molecule has 1 amide bonds. The number of amides is 1. The minimum absolute atomic E-state index is 0.348. The lowest BCUT2D eigenvalue weighted by Gasteiger charge is -2.24. The fourth-order valence-corrected chi connectivity index (χ4v) is 2.60. The molecule has 0 spiro atoms. The SMILES string of the molecule is CCCCCCCCOCCOCCOCCOCCOCCN(C)C(=O)OC(C)(C)C. The van der Waals surface area contributed by atoms with E-state index in [1.807, 2.05) is 20.8 Å². The zero-order valence-corrected chi connectivity index (χ0v) is 21.3. The van der Waals surface area contributed by atoms with Crippen molar-refractivity contribution >= 4 is 6.09 Å². The van der Waals surface area contributed by atoms with Crippen LogP contribution >= 0.6 is 0 Å². The van der Waals surface area contributed by atoms with Crippen LogP contribution in [0.2, 0.25) is 0 Å². The molecule has 0 atom stereocenters. The van der Waals surface area contributed by atoms with Gasteiger partial charge in [-0.1, -0.05) is 39.0 Å². The third-order valence-electron chi connectivity index (χ3n) is 4.41. The molecule has 32 heavy (non-hydrogen) atoms. The van der Waals surface area contributed by atoms with Crippen molar-refractivity contribution in [1.82, 2.24) is 4.90 Å². The van der Waals surface area contributed by atoms with Gasteiger partial charge in [0, 0.05) is 20.2 Å². The van der Waals surface area contributed by atoms with Crippen LogP contribution in [0.1, 0.15) is 66.2 Å². The Balaban J connectivity index is 3.20. The molecule has 0 fully saturated rings. The summed E-state index contributed by atoms with van der Waals surface area (Å²) in [6.45, 7) is 13.9. The van der Waals surface area contributed by atoms with E-state index in [0.717, 1.165) is 13.0 Å². The minimum atomic E-state index is -0.490. The molecule has 0 saturated heterocycles. The van der Waals surface area contributed by atoms with Crippen molar-refractivity contribution in [2.75, 3.05) is 79.7 Å². The Kier molecular flexibility index (Phi) is 21.3. The molecule has 0 rings (SSSR count). The molecule has 0 saturated carbocycles. The minimum Gasteiger partial charge on any atom is -0.444 e. The topological polar surface area (TPSA) is 75.7 Å². The number of carbonyl (C=O) groups is 1. The molecule has 192 valence electrons. The standard InChI is InChI=1S/C24H49NO7/c1-6-7-8-9-10-11-13-27-15-17-29-19-21-31-22-20-30-18-16-28-14-12-25(5)23(26)32-24(2,3)4/h6-22H2,1-5H3. The molecule has 8 heteroatoms. The van der Waals surface area contributed by atoms with E-state index in [1.54, 1.807) is 7.05 Å². The highest BCUT2D eigenvalue weighted by molar-refractivity contribution is 5.67. The number of likely N-dealkylation sites (N-methyl/N-ethyl adjacent to an activating group) is 1. The molecule has 0 aliphatic carbocycles. The number of carbonyl (C=O) groups excluding carboxylic acids is 1. The van der Waals surface area contributed by atoms with Crippen LogP contribution in [0.3, 0.4) is 0 Å². The first-order valence-corrected chi connectivity index (χ1v) is 12.2. The number of nitrogens with zero attached hydrogens (tertiary/aromatic N) is 1. The van der Waals surface area contributed by atoms with Gasteiger partial charge in [0.2, 0.25) is 0 Å². The molecule has 0 aromatic rings. The van der Waals surface area contributed by atoms with Crippen LogP contribution in [0, 0.1) is 0 Å². The summed E-state index contributed by atoms with van der Waals surface area (Å²) < 4.78 is 32.7. The van der Waals surface area contributed by atoms with Gasteiger partial charge in [0.15, 0.2) is 0 Å². The van der Waals surface area contributed by atoms with E-state index >= 15 is 0 Å². The molecular formula is C24H49NO7. The van der Waals surface area contributed by atoms with Gasteiger partial charge >= 0.3 is 6.09 Å². The zero-order chi connectivity index (χ0) is 23.9. The van der Waals surface area contributed by atoms with E-state index in [-0.39, 0.29) is 6.09 Å². The molecule has 0 aromatic carbocycles. The molecule has 0 aliphatic heterocycles. The van der Waals surface area contributed by atoms with Crippen molar-refractivity contribution in [2.24, 2.45) is 0 Å². The van der Waals surface area contributed by atoms with E-state index in [0.29, 0.717) is 66.0 Å². The summed E-state index contributed by atoms with van der Waals surface area (Å²) in [5.74, 6) is 0. The van der Waals surface area contributed by atoms with Gasteiger partial charge in [-0.15, -0.1) is 0 Å². The van der Waals surface area contributed by atoms with Gasteiger partial charge in [-0.05, 0) is 27.2 Å². The maximum absolute atomic E-state index is 11.8. The Morgan fingerprint density at radius 3 is 1.50 bits per heavy atom. The van der Waals surface area contributed by atoms with Crippen molar-refractivity contribution in [3.8, 4) is 0 Å². The Bertz CT molecular complexity index is 416. The van der Waals surface area contributed by atoms with Gasteiger partial charge in [-0.3, -0.25) is 0 Å². The van der Waals surface area contributed by atoms with Crippen LogP contribution in [0.25, 0.3) is 0 Å². The van der Waals surface area contributed by atoms with Gasteiger partial charge in [-0.2, -0.15) is 0 Å². The molecule has 0 bridgehead atoms. The van der Waals surface area contributed by atoms with Crippen LogP contribution in [0.15, 0.2) is 0 Å². The summed E-state index contributed by atoms with van der Waals surface area (Å²) in [7, 11) is 1.69. The van der Waals surface area contributed by atoms with Crippen LogP contribution in [0.4, 0.5) is 4.79 Å². The van der Waals surface area contributed by atoms with E-state index in [2.05, 4.69) is 6.92 Å². The second kappa shape index (κ2) is 21.9. The van der Waals surface area contributed by atoms with Crippen molar-refractivity contribution in [1.29, 1.82) is 0 Å². The summed E-state index contributed by atoms with van der Waals surface area (Å²) in [4.78, 5) is 13.3. The second-order valence-electron chi connectivity index (χ2n) is 8.73. The average Bonchev–Trinajstić information content (AvgIpc) is 2.73. The van der Waals surface area contributed by atoms with Crippen molar-refractivity contribution in [3.05, 3.63) is 0 Å². The monoisotopic (exact) mass is 463 g/mol. The molecule has 0 heterocycles. The highest BCUT2D eigenvalue weighted by Gasteiger charge is 2.19. The maximum atomic E-state index is 11.8. The first-order chi connectivity index (χ1) is 15.4. The number of rotatable bonds is 22. The van der Waals surface area contributed by atoms with Gasteiger partial charge in [0.1, 0.15) is 5.60 Å². The van der Waals surface area contributed by atoms with E-state index in [9.17, 15) is 4.79 Å². The van der Waals surface area contributed by atoms with Gasteiger partial charge in [-0.25, -0.2) is 4.79 Å². The van der Waals surface area contributed by atoms with Crippen LogP contribution in [-0.2, 0) is 28.4 Å². The molecule has 0 aromatic heterocycles. The number of hydrogen-bond donors (Lipinski definition) is 0. The Morgan fingerprint density at radius 1 is 0.625 bits per heavy atom. The summed E-state index contributed by atoms with van der Waals surface area (Å²) >= 11 is 0. The fourth-order valence-electron chi connectivity index (χ4n) is 2.60. The van der Waals surface area contributed by atoms with Crippen LogP contribution in [0.5, 0.6) is 0 Å². The molecule has 0 unspecified atom stereocenters. The first kappa shape index (κ1) is 31.1. The van der Waals surface area contributed by atoms with Crippen molar-refractivity contribution < 1.29 is 33.2 Å². The summed E-state index contributed by atoms with van der Waals surface area (Å²) in [5.41, 5.74) is -0.490. The van der Waals surface area contributed by atoms with E-state index in [4.69, 9.17) is 28.4 Å². The zero-order valence-electron chi connectivity index (χ0n) is 21.3. The highest BCUT2D eigenvalue weighted by Crippen LogP contribution is 2.08. The van der Waals surface area contributed by atoms with Gasteiger partial charge in [0.25, 0.3) is 0 Å². The van der Waals surface area contributed by atoms with Crippen molar-refractivity contribution in [2.45, 2.75) is 71.8 Å². The smallest absolute Gasteiger partial charge is 0.410 e. The Hall–Kier alpha value is -0.930. The number of hydrogen-bond acceptors (Lipinski definition) is 7. The molecular weight excluding hydrogens is 414 g/mol. The maximum Gasteiger partial charge on any atom is 0.410 e. The first-order valence-electron chi connectivity index (χ1n) is 12.2. The number of unbranched alkanes of at least 4 members (excludes halogenated alkanes) is 5. The highest BCUT2D eigenvalue weighted by atomic mass is 16.6. The summed E-state index contributed by atoms with van der Waals surface area (Å²) in [5, 5.41) is 0. The van der Waals surface area contributed by atoms with E-state index in [1.165, 1.54) is 37.0 Å².